The Morgan fingerprint density at radius 1 is 1.28 bits per heavy atom. The van der Waals surface area contributed by atoms with Crippen LogP contribution < -0.4 is 4.74 Å². The normalized spacial score (nSPS) is 16.7. The van der Waals surface area contributed by atoms with Crippen molar-refractivity contribution < 1.29 is 13.9 Å². The quantitative estimate of drug-likeness (QED) is 0.676. The van der Waals surface area contributed by atoms with Crippen molar-refractivity contribution in [3.8, 4) is 11.6 Å². The van der Waals surface area contributed by atoms with Crippen LogP contribution in [0.2, 0.25) is 0 Å². The molecule has 0 spiro atoms. The average molecular weight is 395 g/mol. The van der Waals surface area contributed by atoms with Crippen LogP contribution >= 0.6 is 0 Å². The second-order valence-electron chi connectivity index (χ2n) is 7.20. The van der Waals surface area contributed by atoms with Crippen LogP contribution in [0.25, 0.3) is 0 Å². The molecule has 0 unspecified atom stereocenters. The lowest BCUT2D eigenvalue weighted by Gasteiger charge is -2.32. The first-order chi connectivity index (χ1) is 14.0. The largest absolute Gasteiger partial charge is 0.437 e. The highest BCUT2D eigenvalue weighted by atomic mass is 19.1. The second-order valence-corrected chi connectivity index (χ2v) is 7.20. The third kappa shape index (κ3) is 4.11. The maximum atomic E-state index is 13.4. The molecule has 7 nitrogen and oxygen atoms in total. The minimum absolute atomic E-state index is 0.0135. The standard InChI is InChI=1S/C21H22FN5O2/c1-14-18(10-24-26(14)2)21(28)27-8-4-5-15(13-27)19-11-23-12-20(25-19)29-17-7-3-6-16(22)9-17/h3,6-7,9-12,15H,4-5,8,13H2,1-2H3/t15-/m0/s1. The van der Waals surface area contributed by atoms with E-state index in [0.29, 0.717) is 30.3 Å². The van der Waals surface area contributed by atoms with Crippen LogP contribution in [-0.2, 0) is 7.05 Å². The van der Waals surface area contributed by atoms with Crippen LogP contribution in [0.3, 0.4) is 0 Å². The first kappa shape index (κ1) is 19.0. The Morgan fingerprint density at radius 2 is 2.14 bits per heavy atom. The summed E-state index contributed by atoms with van der Waals surface area (Å²) in [5.74, 6) is 0.344. The zero-order chi connectivity index (χ0) is 20.4. The molecule has 0 radical (unpaired) electrons. The molecule has 29 heavy (non-hydrogen) atoms. The fourth-order valence-corrected chi connectivity index (χ4v) is 3.54. The van der Waals surface area contributed by atoms with Crippen molar-refractivity contribution in [1.82, 2.24) is 24.6 Å². The molecule has 0 N–H and O–H groups in total. The van der Waals surface area contributed by atoms with Gasteiger partial charge in [0.15, 0.2) is 0 Å². The molecule has 0 saturated carbocycles. The number of amides is 1. The van der Waals surface area contributed by atoms with Crippen LogP contribution in [0.1, 0.15) is 40.5 Å². The maximum absolute atomic E-state index is 13.4. The van der Waals surface area contributed by atoms with E-state index < -0.39 is 0 Å². The van der Waals surface area contributed by atoms with Crippen molar-refractivity contribution in [3.63, 3.8) is 0 Å². The van der Waals surface area contributed by atoms with Crippen LogP contribution in [0.5, 0.6) is 11.6 Å². The Morgan fingerprint density at radius 3 is 2.90 bits per heavy atom. The van der Waals surface area contributed by atoms with Crippen LogP contribution in [0.15, 0.2) is 42.9 Å². The van der Waals surface area contributed by atoms with Gasteiger partial charge in [-0.05, 0) is 31.9 Å². The number of nitrogens with zero attached hydrogens (tertiary/aromatic N) is 5. The van der Waals surface area contributed by atoms with E-state index in [9.17, 15) is 9.18 Å². The van der Waals surface area contributed by atoms with Crippen molar-refractivity contribution in [2.75, 3.05) is 13.1 Å². The molecule has 1 aliphatic rings. The average Bonchev–Trinajstić information content (AvgIpc) is 3.06. The summed E-state index contributed by atoms with van der Waals surface area (Å²) < 4.78 is 20.7. The Hall–Kier alpha value is -3.29. The molecule has 3 aromatic rings. The summed E-state index contributed by atoms with van der Waals surface area (Å²) in [6.07, 6.45) is 6.61. The molecule has 1 amide bonds. The predicted octanol–water partition coefficient (Wildman–Crippen LogP) is 3.47. The summed E-state index contributed by atoms with van der Waals surface area (Å²) in [5, 5.41) is 4.17. The van der Waals surface area contributed by atoms with Gasteiger partial charge in [0.25, 0.3) is 5.91 Å². The monoisotopic (exact) mass is 395 g/mol. The van der Waals surface area contributed by atoms with Crippen molar-refractivity contribution in [1.29, 1.82) is 0 Å². The minimum atomic E-state index is -0.376. The summed E-state index contributed by atoms with van der Waals surface area (Å²) in [5.41, 5.74) is 2.24. The number of halogens is 1. The Balaban J connectivity index is 1.49. The predicted molar refractivity (Wildman–Crippen MR) is 104 cm³/mol. The number of piperidine rings is 1. The molecule has 150 valence electrons. The first-order valence-electron chi connectivity index (χ1n) is 9.54. The van der Waals surface area contributed by atoms with Gasteiger partial charge in [-0.25, -0.2) is 9.37 Å². The topological polar surface area (TPSA) is 73.1 Å². The van der Waals surface area contributed by atoms with E-state index >= 15 is 0 Å². The van der Waals surface area contributed by atoms with Gasteiger partial charge in [-0.15, -0.1) is 0 Å². The molecular weight excluding hydrogens is 373 g/mol. The molecule has 2 aromatic heterocycles. The Labute approximate surface area is 168 Å². The van der Waals surface area contributed by atoms with E-state index in [-0.39, 0.29) is 17.6 Å². The lowest BCUT2D eigenvalue weighted by Crippen LogP contribution is -2.39. The number of aromatic nitrogens is 4. The van der Waals surface area contributed by atoms with Gasteiger partial charge in [0, 0.05) is 44.0 Å². The fourth-order valence-electron chi connectivity index (χ4n) is 3.54. The number of carbonyl (C=O) groups excluding carboxylic acids is 1. The highest BCUT2D eigenvalue weighted by Crippen LogP contribution is 2.28. The minimum Gasteiger partial charge on any atom is -0.437 e. The number of aryl methyl sites for hydroxylation is 1. The summed E-state index contributed by atoms with van der Waals surface area (Å²) in [7, 11) is 1.82. The third-order valence-electron chi connectivity index (χ3n) is 5.24. The SMILES string of the molecule is Cc1c(C(=O)N2CCC[C@H](c3cncc(Oc4cccc(F)c4)n3)C2)cnn1C. The van der Waals surface area contributed by atoms with Gasteiger partial charge in [-0.1, -0.05) is 6.07 Å². The van der Waals surface area contributed by atoms with Crippen molar-refractivity contribution in [2.24, 2.45) is 7.05 Å². The number of rotatable bonds is 4. The molecule has 0 bridgehead atoms. The first-order valence-corrected chi connectivity index (χ1v) is 9.54. The summed E-state index contributed by atoms with van der Waals surface area (Å²) >= 11 is 0. The van der Waals surface area contributed by atoms with Gasteiger partial charge in [0.2, 0.25) is 5.88 Å². The van der Waals surface area contributed by atoms with E-state index in [4.69, 9.17) is 4.74 Å². The molecule has 1 atom stereocenters. The summed E-state index contributed by atoms with van der Waals surface area (Å²) in [4.78, 5) is 23.5. The second kappa shape index (κ2) is 7.98. The van der Waals surface area contributed by atoms with Gasteiger partial charge in [-0.2, -0.15) is 5.10 Å². The van der Waals surface area contributed by atoms with Gasteiger partial charge in [0.1, 0.15) is 11.6 Å². The van der Waals surface area contributed by atoms with E-state index in [1.807, 2.05) is 18.9 Å². The molecule has 0 aliphatic carbocycles. The highest BCUT2D eigenvalue weighted by Gasteiger charge is 2.28. The Kier molecular flexibility index (Phi) is 5.24. The molecule has 3 heterocycles. The number of ether oxygens (including phenoxy) is 1. The van der Waals surface area contributed by atoms with E-state index in [0.717, 1.165) is 24.2 Å². The summed E-state index contributed by atoms with van der Waals surface area (Å²) in [6, 6.07) is 5.89. The number of likely N-dealkylation sites (tertiary alicyclic amines) is 1. The van der Waals surface area contributed by atoms with Gasteiger partial charge in [0.05, 0.1) is 23.7 Å². The number of benzene rings is 1. The molecule has 1 fully saturated rings. The van der Waals surface area contributed by atoms with E-state index in [1.54, 1.807) is 29.2 Å². The van der Waals surface area contributed by atoms with Crippen molar-refractivity contribution >= 4 is 5.91 Å². The lowest BCUT2D eigenvalue weighted by atomic mass is 9.94. The maximum Gasteiger partial charge on any atom is 0.257 e. The third-order valence-corrected chi connectivity index (χ3v) is 5.24. The zero-order valence-corrected chi connectivity index (χ0v) is 16.4. The van der Waals surface area contributed by atoms with E-state index in [2.05, 4.69) is 15.1 Å². The Bertz CT molecular complexity index is 1040. The van der Waals surface area contributed by atoms with Crippen LogP contribution in [0, 0.1) is 12.7 Å². The molecule has 1 saturated heterocycles. The molecular formula is C21H22FN5O2. The van der Waals surface area contributed by atoms with Crippen LogP contribution in [-0.4, -0.2) is 43.6 Å². The van der Waals surface area contributed by atoms with Crippen LogP contribution in [0.4, 0.5) is 4.39 Å². The van der Waals surface area contributed by atoms with Crippen molar-refractivity contribution in [3.05, 3.63) is 65.6 Å². The van der Waals surface area contributed by atoms with Gasteiger partial charge >= 0.3 is 0 Å². The highest BCUT2D eigenvalue weighted by molar-refractivity contribution is 5.95. The van der Waals surface area contributed by atoms with Crippen molar-refractivity contribution in [2.45, 2.75) is 25.7 Å². The molecule has 1 aliphatic heterocycles. The lowest BCUT2D eigenvalue weighted by molar-refractivity contribution is 0.0705. The molecule has 8 heteroatoms. The molecule has 1 aromatic carbocycles. The smallest absolute Gasteiger partial charge is 0.257 e. The van der Waals surface area contributed by atoms with E-state index in [1.165, 1.54) is 18.3 Å². The molecule has 4 rings (SSSR count). The van der Waals surface area contributed by atoms with Gasteiger partial charge < -0.3 is 9.64 Å². The summed E-state index contributed by atoms with van der Waals surface area (Å²) in [6.45, 7) is 3.15. The van der Waals surface area contributed by atoms with Gasteiger partial charge in [-0.3, -0.25) is 14.5 Å². The number of carbonyl (C=O) groups is 1. The number of hydrogen-bond donors (Lipinski definition) is 0. The number of hydrogen-bond acceptors (Lipinski definition) is 5. The fraction of sp³-hybridized carbons (Fsp3) is 0.333. The zero-order valence-electron chi connectivity index (χ0n) is 16.4.